The Balaban J connectivity index is 1.18. The lowest BCUT2D eigenvalue weighted by atomic mass is 9.76. The van der Waals surface area contributed by atoms with E-state index in [-0.39, 0.29) is 18.7 Å². The molecule has 7 nitrogen and oxygen atoms in total. The van der Waals surface area contributed by atoms with E-state index in [2.05, 4.69) is 30.9 Å². The fourth-order valence-electron chi connectivity index (χ4n) is 6.47. The Morgan fingerprint density at radius 1 is 0.881 bits per heavy atom. The molecule has 1 saturated heterocycles. The molecule has 1 unspecified atom stereocenters. The minimum absolute atomic E-state index is 0.262. The topological polar surface area (TPSA) is 68.3 Å². The van der Waals surface area contributed by atoms with Gasteiger partial charge in [0, 0.05) is 54.6 Å². The minimum atomic E-state index is -1.08. The first-order valence-electron chi connectivity index (χ1n) is 14.5. The fourth-order valence-corrected chi connectivity index (χ4v) is 6.47. The van der Waals surface area contributed by atoms with Crippen molar-refractivity contribution in [1.82, 2.24) is 4.90 Å². The second kappa shape index (κ2) is 10.2. The van der Waals surface area contributed by atoms with Gasteiger partial charge in [-0.15, -0.1) is 0 Å². The normalized spacial score (nSPS) is 18.6. The third kappa shape index (κ3) is 4.11. The number of aryl methyl sites for hydroxylation is 1. The van der Waals surface area contributed by atoms with Crippen LogP contribution in [0.25, 0.3) is 0 Å². The van der Waals surface area contributed by atoms with Gasteiger partial charge in [-0.3, -0.25) is 0 Å². The van der Waals surface area contributed by atoms with Crippen molar-refractivity contribution in [3.63, 3.8) is 0 Å². The van der Waals surface area contributed by atoms with Crippen molar-refractivity contribution in [2.45, 2.75) is 32.5 Å². The summed E-state index contributed by atoms with van der Waals surface area (Å²) in [5.74, 6) is 1.11. The van der Waals surface area contributed by atoms with E-state index < -0.39 is 5.60 Å². The molecule has 212 valence electrons. The average molecular weight is 561 g/mol. The molecular formula is C35H32N2O5. The number of piperazine rings is 1. The van der Waals surface area contributed by atoms with Crippen LogP contribution in [-0.4, -0.2) is 43.1 Å². The highest BCUT2D eigenvalue weighted by Gasteiger charge is 2.54. The van der Waals surface area contributed by atoms with E-state index in [1.54, 1.807) is 4.90 Å². The van der Waals surface area contributed by atoms with Gasteiger partial charge in [0.15, 0.2) is 5.60 Å². The SMILES string of the molecule is CCc1c(C)ccc2c1Oc1cc(N3CCN(C(=O)OCc4ccccc4)CC3)ccc1C21OC(=O)c2ccccc21. The quantitative estimate of drug-likeness (QED) is 0.263. The molecule has 0 radical (unpaired) electrons. The monoisotopic (exact) mass is 560 g/mol. The molecule has 1 spiro atoms. The smallest absolute Gasteiger partial charge is 0.410 e. The number of carbonyl (C=O) groups excluding carboxylic acids is 2. The van der Waals surface area contributed by atoms with Crippen molar-refractivity contribution in [2.75, 3.05) is 31.1 Å². The van der Waals surface area contributed by atoms with Crippen LogP contribution >= 0.6 is 0 Å². The number of esters is 1. The van der Waals surface area contributed by atoms with E-state index in [1.165, 1.54) is 0 Å². The first-order valence-corrected chi connectivity index (χ1v) is 14.5. The van der Waals surface area contributed by atoms with Gasteiger partial charge >= 0.3 is 12.1 Å². The van der Waals surface area contributed by atoms with E-state index in [4.69, 9.17) is 14.2 Å². The molecule has 3 heterocycles. The first-order chi connectivity index (χ1) is 20.5. The zero-order valence-electron chi connectivity index (χ0n) is 23.8. The molecule has 3 aliphatic heterocycles. The summed E-state index contributed by atoms with van der Waals surface area (Å²) in [6, 6.07) is 27.6. The summed E-state index contributed by atoms with van der Waals surface area (Å²) in [5.41, 5.74) is 6.20. The van der Waals surface area contributed by atoms with E-state index >= 15 is 0 Å². The van der Waals surface area contributed by atoms with Gasteiger partial charge in [0.2, 0.25) is 0 Å². The van der Waals surface area contributed by atoms with Crippen molar-refractivity contribution in [1.29, 1.82) is 0 Å². The third-order valence-corrected chi connectivity index (χ3v) is 8.66. The predicted octanol–water partition coefficient (Wildman–Crippen LogP) is 6.58. The summed E-state index contributed by atoms with van der Waals surface area (Å²) >= 11 is 0. The number of hydrogen-bond acceptors (Lipinski definition) is 6. The van der Waals surface area contributed by atoms with Crippen LogP contribution in [0.2, 0.25) is 0 Å². The van der Waals surface area contributed by atoms with Gasteiger partial charge in [0.1, 0.15) is 18.1 Å². The molecule has 0 aliphatic carbocycles. The summed E-state index contributed by atoms with van der Waals surface area (Å²) in [7, 11) is 0. The van der Waals surface area contributed by atoms with Crippen LogP contribution in [0.5, 0.6) is 11.5 Å². The number of hydrogen-bond donors (Lipinski definition) is 0. The molecular weight excluding hydrogens is 528 g/mol. The molecule has 4 aromatic rings. The Labute approximate surface area is 245 Å². The van der Waals surface area contributed by atoms with E-state index in [1.807, 2.05) is 72.8 Å². The number of amides is 1. The summed E-state index contributed by atoms with van der Waals surface area (Å²) in [6.45, 7) is 6.91. The molecule has 42 heavy (non-hydrogen) atoms. The Morgan fingerprint density at radius 2 is 1.62 bits per heavy atom. The van der Waals surface area contributed by atoms with Crippen LogP contribution in [0.1, 0.15) is 50.7 Å². The first kappa shape index (κ1) is 26.1. The molecule has 7 heteroatoms. The van der Waals surface area contributed by atoms with Crippen molar-refractivity contribution >= 4 is 17.7 Å². The van der Waals surface area contributed by atoms with Gasteiger partial charge in [-0.2, -0.15) is 0 Å². The lowest BCUT2D eigenvalue weighted by Gasteiger charge is -2.39. The van der Waals surface area contributed by atoms with Crippen molar-refractivity contribution in [2.24, 2.45) is 0 Å². The maximum absolute atomic E-state index is 13.2. The summed E-state index contributed by atoms with van der Waals surface area (Å²) in [4.78, 5) is 29.9. The van der Waals surface area contributed by atoms with Gasteiger partial charge < -0.3 is 24.0 Å². The maximum Gasteiger partial charge on any atom is 0.410 e. The number of nitrogens with zero attached hydrogens (tertiary/aromatic N) is 2. The second-order valence-corrected chi connectivity index (χ2v) is 11.0. The number of anilines is 1. The minimum Gasteiger partial charge on any atom is -0.456 e. The lowest BCUT2D eigenvalue weighted by molar-refractivity contribution is 0.0223. The van der Waals surface area contributed by atoms with Crippen LogP contribution in [0, 0.1) is 6.92 Å². The maximum atomic E-state index is 13.2. The van der Waals surface area contributed by atoms with Gasteiger partial charge in [-0.1, -0.05) is 67.6 Å². The third-order valence-electron chi connectivity index (χ3n) is 8.66. The van der Waals surface area contributed by atoms with E-state index in [0.29, 0.717) is 37.5 Å². The molecule has 1 amide bonds. The lowest BCUT2D eigenvalue weighted by Crippen LogP contribution is -2.49. The Morgan fingerprint density at radius 3 is 2.40 bits per heavy atom. The van der Waals surface area contributed by atoms with Gasteiger partial charge in [0.05, 0.1) is 5.56 Å². The van der Waals surface area contributed by atoms with Gasteiger partial charge in [0.25, 0.3) is 0 Å². The van der Waals surface area contributed by atoms with Crippen molar-refractivity contribution < 1.29 is 23.8 Å². The van der Waals surface area contributed by atoms with E-state index in [0.717, 1.165) is 51.2 Å². The summed E-state index contributed by atoms with van der Waals surface area (Å²) in [5, 5.41) is 0. The standard InChI is InChI=1S/C35H32N2O5/c1-3-26-23(2)13-15-30-32(26)41-31-21-25(14-16-29(31)35(30)28-12-8-7-11-27(28)33(38)42-35)36-17-19-37(20-18-36)34(39)40-22-24-9-5-4-6-10-24/h4-16,21H,3,17-20,22H2,1-2H3. The zero-order valence-corrected chi connectivity index (χ0v) is 23.8. The highest BCUT2D eigenvalue weighted by Crippen LogP contribution is 2.57. The van der Waals surface area contributed by atoms with Crippen LogP contribution < -0.4 is 9.64 Å². The van der Waals surface area contributed by atoms with Crippen molar-refractivity contribution in [3.8, 4) is 11.5 Å². The second-order valence-electron chi connectivity index (χ2n) is 11.0. The zero-order chi connectivity index (χ0) is 28.8. The fraction of sp³-hybridized carbons (Fsp3) is 0.257. The van der Waals surface area contributed by atoms with Gasteiger partial charge in [-0.25, -0.2) is 9.59 Å². The van der Waals surface area contributed by atoms with Crippen LogP contribution in [0.3, 0.4) is 0 Å². The highest BCUT2D eigenvalue weighted by molar-refractivity contribution is 5.97. The molecule has 7 rings (SSSR count). The molecule has 3 aliphatic rings. The molecule has 0 aromatic heterocycles. The molecule has 1 atom stereocenters. The number of benzene rings is 4. The van der Waals surface area contributed by atoms with Crippen molar-refractivity contribution in [3.05, 3.63) is 124 Å². The van der Waals surface area contributed by atoms with Crippen LogP contribution in [-0.2, 0) is 28.1 Å². The molecule has 0 bridgehead atoms. The number of fused-ring (bicyclic) bond motifs is 6. The Hall–Kier alpha value is -4.78. The van der Waals surface area contributed by atoms with Crippen LogP contribution in [0.15, 0.2) is 84.9 Å². The Kier molecular flexibility index (Phi) is 6.38. The Bertz CT molecular complexity index is 1690. The average Bonchev–Trinajstić information content (AvgIpc) is 3.32. The van der Waals surface area contributed by atoms with Gasteiger partial charge in [-0.05, 0) is 48.2 Å². The van der Waals surface area contributed by atoms with Crippen LogP contribution in [0.4, 0.5) is 10.5 Å². The van der Waals surface area contributed by atoms with E-state index in [9.17, 15) is 9.59 Å². The summed E-state index contributed by atoms with van der Waals surface area (Å²) in [6.07, 6.45) is 0.493. The largest absolute Gasteiger partial charge is 0.456 e. The number of rotatable bonds is 4. The molecule has 4 aromatic carbocycles. The summed E-state index contributed by atoms with van der Waals surface area (Å²) < 4.78 is 18.6. The highest BCUT2D eigenvalue weighted by atomic mass is 16.6. The molecule has 1 fully saturated rings. The predicted molar refractivity (Wildman–Crippen MR) is 159 cm³/mol. The number of carbonyl (C=O) groups is 2. The molecule has 0 N–H and O–H groups in total. The number of ether oxygens (including phenoxy) is 3. The molecule has 0 saturated carbocycles.